The molecule has 1 amide bonds. The predicted molar refractivity (Wildman–Crippen MR) is 107 cm³/mol. The van der Waals surface area contributed by atoms with E-state index < -0.39 is 17.2 Å². The molecule has 2 heterocycles. The zero-order valence-corrected chi connectivity index (χ0v) is 16.1. The molecule has 0 spiro atoms. The van der Waals surface area contributed by atoms with Crippen LogP contribution in [0.4, 0.5) is 10.1 Å². The van der Waals surface area contributed by atoms with Gasteiger partial charge in [-0.1, -0.05) is 24.3 Å². The van der Waals surface area contributed by atoms with Crippen molar-refractivity contribution in [1.29, 1.82) is 0 Å². The number of aromatic nitrogens is 6. The van der Waals surface area contributed by atoms with E-state index in [9.17, 15) is 14.0 Å². The first-order valence-electron chi connectivity index (χ1n) is 8.94. The molecule has 4 aromatic rings. The predicted octanol–water partition coefficient (Wildman–Crippen LogP) is 2.12. The number of rotatable bonds is 4. The molecule has 0 saturated heterocycles. The average molecular weight is 405 g/mol. The van der Waals surface area contributed by atoms with Gasteiger partial charge in [0.25, 0.3) is 5.91 Å². The van der Waals surface area contributed by atoms with Crippen molar-refractivity contribution >= 4 is 11.6 Å². The Bertz CT molecular complexity index is 1310. The number of nitrogens with zero attached hydrogens (tertiary/aromatic N) is 6. The van der Waals surface area contributed by atoms with Crippen molar-refractivity contribution in [2.45, 2.75) is 6.92 Å². The van der Waals surface area contributed by atoms with Crippen molar-refractivity contribution in [1.82, 2.24) is 30.0 Å². The molecule has 0 aliphatic carbocycles. The fraction of sp³-hybridized carbons (Fsp3) is 0.100. The standard InChI is InChI=1S/C20H16FN7O2/c1-12-10-17(29)18(24-28(12)16-9-4-3-8-15(16)21)20(30)22-14-7-5-6-13(11-14)19-23-25-26-27(19)2/h3-11H,1-2H3,(H,22,30). The third-order valence-corrected chi connectivity index (χ3v) is 4.40. The fourth-order valence-electron chi connectivity index (χ4n) is 2.97. The van der Waals surface area contributed by atoms with Gasteiger partial charge in [0.15, 0.2) is 11.5 Å². The Morgan fingerprint density at radius 1 is 1.10 bits per heavy atom. The molecule has 0 aliphatic heterocycles. The fourth-order valence-corrected chi connectivity index (χ4v) is 2.97. The van der Waals surface area contributed by atoms with E-state index in [1.54, 1.807) is 50.4 Å². The van der Waals surface area contributed by atoms with E-state index in [0.29, 0.717) is 22.8 Å². The maximum atomic E-state index is 14.2. The quantitative estimate of drug-likeness (QED) is 0.557. The molecule has 2 aromatic carbocycles. The first-order valence-corrected chi connectivity index (χ1v) is 8.94. The number of benzene rings is 2. The summed E-state index contributed by atoms with van der Waals surface area (Å²) in [7, 11) is 1.70. The first-order chi connectivity index (χ1) is 14.4. The van der Waals surface area contributed by atoms with E-state index in [1.165, 1.54) is 27.6 Å². The lowest BCUT2D eigenvalue weighted by molar-refractivity contribution is 0.101. The molecule has 0 bridgehead atoms. The van der Waals surface area contributed by atoms with Crippen LogP contribution in [-0.4, -0.2) is 35.9 Å². The summed E-state index contributed by atoms with van der Waals surface area (Å²) in [6, 6.07) is 14.1. The molecule has 4 rings (SSSR count). The van der Waals surface area contributed by atoms with Gasteiger partial charge in [0.05, 0.1) is 0 Å². The summed E-state index contributed by atoms with van der Waals surface area (Å²) in [6.07, 6.45) is 0. The van der Waals surface area contributed by atoms with Gasteiger partial charge in [0.1, 0.15) is 11.5 Å². The van der Waals surface area contributed by atoms with E-state index >= 15 is 0 Å². The number of hydrogen-bond donors (Lipinski definition) is 1. The maximum absolute atomic E-state index is 14.2. The number of hydrogen-bond acceptors (Lipinski definition) is 6. The summed E-state index contributed by atoms with van der Waals surface area (Å²) in [5.74, 6) is -0.715. The lowest BCUT2D eigenvalue weighted by atomic mass is 10.2. The van der Waals surface area contributed by atoms with Crippen LogP contribution >= 0.6 is 0 Å². The lowest BCUT2D eigenvalue weighted by Crippen LogP contribution is -2.27. The van der Waals surface area contributed by atoms with Crippen LogP contribution in [0.2, 0.25) is 0 Å². The first kappa shape index (κ1) is 19.1. The summed E-state index contributed by atoms with van der Waals surface area (Å²) >= 11 is 0. The Kier molecular flexibility index (Phi) is 4.88. The maximum Gasteiger partial charge on any atom is 0.280 e. The molecule has 0 aliphatic rings. The Morgan fingerprint density at radius 2 is 1.90 bits per heavy atom. The highest BCUT2D eigenvalue weighted by Gasteiger charge is 2.17. The minimum absolute atomic E-state index is 0.140. The van der Waals surface area contributed by atoms with Crippen LogP contribution in [0.15, 0.2) is 59.4 Å². The topological polar surface area (TPSA) is 108 Å². The SMILES string of the molecule is Cc1cc(=O)c(C(=O)Nc2cccc(-c3nnnn3C)c2)nn1-c1ccccc1F. The van der Waals surface area contributed by atoms with Crippen molar-refractivity contribution in [2.75, 3.05) is 5.32 Å². The highest BCUT2D eigenvalue weighted by Crippen LogP contribution is 2.20. The number of para-hydroxylation sites is 1. The Labute approximate surface area is 169 Å². The van der Waals surface area contributed by atoms with E-state index in [2.05, 4.69) is 25.9 Å². The Hall–Kier alpha value is -4.21. The van der Waals surface area contributed by atoms with Gasteiger partial charge < -0.3 is 5.32 Å². The second kappa shape index (κ2) is 7.66. The number of amides is 1. The summed E-state index contributed by atoms with van der Waals surface area (Å²) in [4.78, 5) is 25.1. The Morgan fingerprint density at radius 3 is 2.63 bits per heavy atom. The van der Waals surface area contributed by atoms with Crippen LogP contribution in [0.25, 0.3) is 17.1 Å². The average Bonchev–Trinajstić information content (AvgIpc) is 3.15. The van der Waals surface area contributed by atoms with Crippen molar-refractivity contribution in [3.63, 3.8) is 0 Å². The molecular formula is C20H16FN7O2. The van der Waals surface area contributed by atoms with Crippen molar-refractivity contribution in [3.05, 3.63) is 82.0 Å². The monoisotopic (exact) mass is 405 g/mol. The molecular weight excluding hydrogens is 389 g/mol. The molecule has 30 heavy (non-hydrogen) atoms. The number of halogens is 1. The van der Waals surface area contributed by atoms with E-state index in [1.807, 2.05) is 0 Å². The number of nitrogens with one attached hydrogen (secondary N) is 1. The van der Waals surface area contributed by atoms with Gasteiger partial charge >= 0.3 is 0 Å². The van der Waals surface area contributed by atoms with Gasteiger partial charge in [-0.05, 0) is 41.6 Å². The van der Waals surface area contributed by atoms with Crippen LogP contribution in [0.3, 0.4) is 0 Å². The molecule has 0 atom stereocenters. The van der Waals surface area contributed by atoms with Gasteiger partial charge in [0.2, 0.25) is 5.43 Å². The minimum Gasteiger partial charge on any atom is -0.320 e. The summed E-state index contributed by atoms with van der Waals surface area (Å²) in [5, 5.41) is 18.1. The van der Waals surface area contributed by atoms with Crippen LogP contribution < -0.4 is 10.7 Å². The third-order valence-electron chi connectivity index (χ3n) is 4.40. The van der Waals surface area contributed by atoms with Crippen molar-refractivity contribution in [3.8, 4) is 17.1 Å². The molecule has 9 nitrogen and oxygen atoms in total. The second-order valence-corrected chi connectivity index (χ2v) is 6.52. The zero-order chi connectivity index (χ0) is 21.3. The van der Waals surface area contributed by atoms with Crippen LogP contribution in [0.1, 0.15) is 16.2 Å². The van der Waals surface area contributed by atoms with Gasteiger partial charge in [-0.2, -0.15) is 5.10 Å². The molecule has 0 fully saturated rings. The van der Waals surface area contributed by atoms with Gasteiger partial charge in [-0.15, -0.1) is 5.10 Å². The summed E-state index contributed by atoms with van der Waals surface area (Å²) in [5.41, 5.74) is 0.737. The molecule has 0 saturated carbocycles. The van der Waals surface area contributed by atoms with Crippen LogP contribution in [0.5, 0.6) is 0 Å². The molecule has 0 unspecified atom stereocenters. The molecule has 2 aromatic heterocycles. The third kappa shape index (κ3) is 3.58. The molecule has 0 radical (unpaired) electrons. The Balaban J connectivity index is 1.68. The highest BCUT2D eigenvalue weighted by molar-refractivity contribution is 6.03. The van der Waals surface area contributed by atoms with E-state index in [-0.39, 0.29) is 11.4 Å². The second-order valence-electron chi connectivity index (χ2n) is 6.52. The normalized spacial score (nSPS) is 10.8. The van der Waals surface area contributed by atoms with Crippen LogP contribution in [-0.2, 0) is 7.05 Å². The molecule has 1 N–H and O–H groups in total. The number of carbonyl (C=O) groups is 1. The van der Waals surface area contributed by atoms with Crippen molar-refractivity contribution < 1.29 is 9.18 Å². The molecule has 10 heteroatoms. The summed E-state index contributed by atoms with van der Waals surface area (Å²) in [6.45, 7) is 1.61. The van der Waals surface area contributed by atoms with Gasteiger partial charge in [0, 0.05) is 30.1 Å². The summed E-state index contributed by atoms with van der Waals surface area (Å²) < 4.78 is 16.9. The number of aryl methyl sites for hydroxylation is 2. The number of tetrazole rings is 1. The smallest absolute Gasteiger partial charge is 0.280 e. The van der Waals surface area contributed by atoms with E-state index in [0.717, 1.165) is 0 Å². The van der Waals surface area contributed by atoms with Gasteiger partial charge in [-0.25, -0.2) is 13.8 Å². The molecule has 150 valence electrons. The van der Waals surface area contributed by atoms with Gasteiger partial charge in [-0.3, -0.25) is 9.59 Å². The highest BCUT2D eigenvalue weighted by atomic mass is 19.1. The van der Waals surface area contributed by atoms with E-state index in [4.69, 9.17) is 0 Å². The lowest BCUT2D eigenvalue weighted by Gasteiger charge is -2.12. The van der Waals surface area contributed by atoms with Crippen molar-refractivity contribution in [2.24, 2.45) is 7.05 Å². The number of anilines is 1. The number of carbonyl (C=O) groups excluding carboxylic acids is 1. The largest absolute Gasteiger partial charge is 0.320 e. The zero-order valence-electron chi connectivity index (χ0n) is 16.1. The van der Waals surface area contributed by atoms with Crippen LogP contribution in [0, 0.1) is 12.7 Å². The minimum atomic E-state index is -0.710.